The van der Waals surface area contributed by atoms with Crippen molar-refractivity contribution in [2.45, 2.75) is 13.0 Å². The molecule has 0 unspecified atom stereocenters. The van der Waals surface area contributed by atoms with Crippen LogP contribution >= 0.6 is 12.2 Å². The highest BCUT2D eigenvalue weighted by molar-refractivity contribution is 7.71. The first kappa shape index (κ1) is 9.78. The number of aromatic amines is 1. The molecule has 0 saturated carbocycles. The standard InChI is InChI=1S/C8H8N4O2S/c13-6-1-3-12(8(15)11-6)4-2-7-9-5-10-14-7/h1,3,5H,2,4H2,(H,11,13,15). The third kappa shape index (κ3) is 2.38. The van der Waals surface area contributed by atoms with Crippen LogP contribution in [0.3, 0.4) is 0 Å². The van der Waals surface area contributed by atoms with Gasteiger partial charge in [-0.1, -0.05) is 5.16 Å². The molecule has 78 valence electrons. The van der Waals surface area contributed by atoms with E-state index in [1.165, 1.54) is 12.4 Å². The zero-order valence-corrected chi connectivity index (χ0v) is 8.53. The Morgan fingerprint density at radius 3 is 3.13 bits per heavy atom. The van der Waals surface area contributed by atoms with Gasteiger partial charge in [-0.3, -0.25) is 9.78 Å². The van der Waals surface area contributed by atoms with Crippen molar-refractivity contribution in [3.05, 3.63) is 39.6 Å². The maximum absolute atomic E-state index is 10.9. The van der Waals surface area contributed by atoms with Crippen molar-refractivity contribution in [1.82, 2.24) is 19.7 Å². The molecule has 15 heavy (non-hydrogen) atoms. The number of aromatic nitrogens is 4. The van der Waals surface area contributed by atoms with Gasteiger partial charge in [0.1, 0.15) is 0 Å². The van der Waals surface area contributed by atoms with E-state index in [9.17, 15) is 4.79 Å². The lowest BCUT2D eigenvalue weighted by molar-refractivity contribution is 0.370. The zero-order chi connectivity index (χ0) is 10.7. The molecule has 6 nitrogen and oxygen atoms in total. The summed E-state index contributed by atoms with van der Waals surface area (Å²) < 4.78 is 6.97. The number of hydrogen-bond donors (Lipinski definition) is 1. The molecule has 2 aromatic heterocycles. The molecule has 0 aliphatic rings. The lowest BCUT2D eigenvalue weighted by atomic mass is 10.4. The Balaban J connectivity index is 2.12. The van der Waals surface area contributed by atoms with Crippen molar-refractivity contribution in [2.75, 3.05) is 0 Å². The average molecular weight is 224 g/mol. The van der Waals surface area contributed by atoms with Crippen molar-refractivity contribution >= 4 is 12.2 Å². The van der Waals surface area contributed by atoms with Crippen molar-refractivity contribution in [2.24, 2.45) is 0 Å². The molecular weight excluding hydrogens is 216 g/mol. The van der Waals surface area contributed by atoms with Gasteiger partial charge in [0.2, 0.25) is 5.89 Å². The van der Waals surface area contributed by atoms with E-state index in [1.807, 2.05) is 0 Å². The molecular formula is C8H8N4O2S. The molecule has 0 aliphatic carbocycles. The number of H-pyrrole nitrogens is 1. The summed E-state index contributed by atoms with van der Waals surface area (Å²) in [5.41, 5.74) is -0.200. The molecule has 7 heteroatoms. The van der Waals surface area contributed by atoms with Crippen molar-refractivity contribution in [1.29, 1.82) is 0 Å². The number of hydrogen-bond acceptors (Lipinski definition) is 5. The molecule has 0 fully saturated rings. The molecule has 0 spiro atoms. The van der Waals surface area contributed by atoms with Crippen molar-refractivity contribution < 1.29 is 4.52 Å². The Kier molecular flexibility index (Phi) is 2.72. The predicted octanol–water partition coefficient (Wildman–Crippen LogP) is 0.532. The number of nitrogens with zero attached hydrogens (tertiary/aromatic N) is 3. The number of nitrogens with one attached hydrogen (secondary N) is 1. The molecule has 2 aromatic rings. The molecule has 0 atom stereocenters. The van der Waals surface area contributed by atoms with E-state index < -0.39 is 0 Å². The Hall–Kier alpha value is -1.76. The SMILES string of the molecule is O=c1ccn(CCc2ncno2)c(=S)[nH]1. The monoisotopic (exact) mass is 224 g/mol. The van der Waals surface area contributed by atoms with Gasteiger partial charge in [-0.25, -0.2) is 0 Å². The third-order valence-electron chi connectivity index (χ3n) is 1.87. The Morgan fingerprint density at radius 1 is 1.60 bits per heavy atom. The van der Waals surface area contributed by atoms with Gasteiger partial charge in [0.25, 0.3) is 5.56 Å². The van der Waals surface area contributed by atoms with Crippen LogP contribution in [0.25, 0.3) is 0 Å². The molecule has 2 rings (SSSR count). The fraction of sp³-hybridized carbons (Fsp3) is 0.250. The number of aryl methyl sites for hydroxylation is 2. The van der Waals surface area contributed by atoms with Crippen molar-refractivity contribution in [3.63, 3.8) is 0 Å². The summed E-state index contributed by atoms with van der Waals surface area (Å²) in [6.07, 6.45) is 3.57. The van der Waals surface area contributed by atoms with E-state index in [1.54, 1.807) is 10.8 Å². The van der Waals surface area contributed by atoms with Crippen LogP contribution < -0.4 is 5.56 Å². The van der Waals surface area contributed by atoms with Crippen LogP contribution in [-0.4, -0.2) is 19.7 Å². The normalized spacial score (nSPS) is 10.4. The summed E-state index contributed by atoms with van der Waals surface area (Å²) >= 11 is 4.98. The van der Waals surface area contributed by atoms with E-state index in [4.69, 9.17) is 16.7 Å². The topological polar surface area (TPSA) is 76.7 Å². The van der Waals surface area contributed by atoms with E-state index in [-0.39, 0.29) is 5.56 Å². The fourth-order valence-electron chi connectivity index (χ4n) is 1.14. The van der Waals surface area contributed by atoms with Gasteiger partial charge >= 0.3 is 0 Å². The zero-order valence-electron chi connectivity index (χ0n) is 7.71. The van der Waals surface area contributed by atoms with Gasteiger partial charge in [-0.2, -0.15) is 4.98 Å². The van der Waals surface area contributed by atoms with Crippen LogP contribution in [0.5, 0.6) is 0 Å². The van der Waals surface area contributed by atoms with Gasteiger partial charge in [0, 0.05) is 25.2 Å². The Morgan fingerprint density at radius 2 is 2.47 bits per heavy atom. The minimum Gasteiger partial charge on any atom is -0.340 e. The summed E-state index contributed by atoms with van der Waals surface area (Å²) in [6.45, 7) is 0.595. The second-order valence-electron chi connectivity index (χ2n) is 2.89. The highest BCUT2D eigenvalue weighted by atomic mass is 32.1. The van der Waals surface area contributed by atoms with E-state index >= 15 is 0 Å². The smallest absolute Gasteiger partial charge is 0.251 e. The van der Waals surface area contributed by atoms with Gasteiger partial charge < -0.3 is 9.09 Å². The van der Waals surface area contributed by atoms with Crippen LogP contribution in [0, 0.1) is 4.77 Å². The summed E-state index contributed by atoms with van der Waals surface area (Å²) in [5, 5.41) is 3.49. The summed E-state index contributed by atoms with van der Waals surface area (Å²) in [4.78, 5) is 17.3. The molecule has 0 saturated heterocycles. The first-order valence-corrected chi connectivity index (χ1v) is 4.72. The van der Waals surface area contributed by atoms with Crippen LogP contribution in [0.15, 0.2) is 27.9 Å². The minimum absolute atomic E-state index is 0.200. The molecule has 0 radical (unpaired) electrons. The van der Waals surface area contributed by atoms with E-state index in [2.05, 4.69) is 15.1 Å². The highest BCUT2D eigenvalue weighted by Gasteiger charge is 1.99. The molecule has 1 N–H and O–H groups in total. The second-order valence-corrected chi connectivity index (χ2v) is 3.28. The minimum atomic E-state index is -0.200. The fourth-order valence-corrected chi connectivity index (χ4v) is 1.40. The van der Waals surface area contributed by atoms with Crippen molar-refractivity contribution in [3.8, 4) is 0 Å². The molecule has 0 amide bonds. The maximum atomic E-state index is 10.9. The average Bonchev–Trinajstić information content (AvgIpc) is 2.69. The third-order valence-corrected chi connectivity index (χ3v) is 2.21. The summed E-state index contributed by atoms with van der Waals surface area (Å²) in [5.74, 6) is 0.545. The van der Waals surface area contributed by atoms with Crippen LogP contribution in [0.4, 0.5) is 0 Å². The Bertz CT molecular complexity index is 542. The van der Waals surface area contributed by atoms with Crippen LogP contribution in [0.1, 0.15) is 5.89 Å². The lowest BCUT2D eigenvalue weighted by Gasteiger charge is -2.02. The van der Waals surface area contributed by atoms with Gasteiger partial charge in [-0.15, -0.1) is 0 Å². The quantitative estimate of drug-likeness (QED) is 0.769. The van der Waals surface area contributed by atoms with E-state index in [0.29, 0.717) is 23.6 Å². The summed E-state index contributed by atoms with van der Waals surface area (Å²) in [6, 6.07) is 1.42. The second kappa shape index (κ2) is 4.18. The Labute approximate surface area is 89.6 Å². The van der Waals surface area contributed by atoms with E-state index in [0.717, 1.165) is 0 Å². The molecule has 0 aliphatic heterocycles. The predicted molar refractivity (Wildman–Crippen MR) is 53.9 cm³/mol. The van der Waals surface area contributed by atoms with Gasteiger partial charge in [0.05, 0.1) is 0 Å². The van der Waals surface area contributed by atoms with Crippen LogP contribution in [0.2, 0.25) is 0 Å². The molecule has 0 aromatic carbocycles. The van der Waals surface area contributed by atoms with Gasteiger partial charge in [0.15, 0.2) is 11.1 Å². The molecule has 2 heterocycles. The lowest BCUT2D eigenvalue weighted by Crippen LogP contribution is -2.12. The maximum Gasteiger partial charge on any atom is 0.251 e. The summed E-state index contributed by atoms with van der Waals surface area (Å²) in [7, 11) is 0. The van der Waals surface area contributed by atoms with Crippen LogP contribution in [-0.2, 0) is 13.0 Å². The number of rotatable bonds is 3. The van der Waals surface area contributed by atoms with Gasteiger partial charge in [-0.05, 0) is 12.2 Å². The largest absolute Gasteiger partial charge is 0.340 e. The molecule has 0 bridgehead atoms. The first-order valence-electron chi connectivity index (χ1n) is 4.31. The first-order chi connectivity index (χ1) is 7.25. The highest BCUT2D eigenvalue weighted by Crippen LogP contribution is 1.96.